The Morgan fingerprint density at radius 2 is 1.83 bits per heavy atom. The van der Waals surface area contributed by atoms with Gasteiger partial charge in [0.15, 0.2) is 11.5 Å². The zero-order valence-corrected chi connectivity index (χ0v) is 24.0. The summed E-state index contributed by atoms with van der Waals surface area (Å²) in [5.74, 6) is 0.948. The Balaban J connectivity index is 1.25. The fourth-order valence-electron chi connectivity index (χ4n) is 6.54. The van der Waals surface area contributed by atoms with Gasteiger partial charge < -0.3 is 29.6 Å². The van der Waals surface area contributed by atoms with Crippen molar-refractivity contribution in [3.05, 3.63) is 70.5 Å². The zero-order chi connectivity index (χ0) is 28.6. The number of carbonyl (C=O) groups is 1. The van der Waals surface area contributed by atoms with Gasteiger partial charge >= 0.3 is 0 Å². The number of morpholine rings is 1. The summed E-state index contributed by atoms with van der Waals surface area (Å²) in [5, 5.41) is 9.15. The number of fused-ring (bicyclic) bond motifs is 3. The van der Waals surface area contributed by atoms with Crippen LogP contribution in [0.3, 0.4) is 0 Å². The Morgan fingerprint density at radius 3 is 2.62 bits per heavy atom. The van der Waals surface area contributed by atoms with E-state index in [0.29, 0.717) is 35.0 Å². The van der Waals surface area contributed by atoms with Crippen LogP contribution in [0.4, 0.5) is 5.69 Å². The summed E-state index contributed by atoms with van der Waals surface area (Å²) >= 11 is 0. The number of amides is 1. The lowest BCUT2D eigenvalue weighted by molar-refractivity contribution is 0.0398. The summed E-state index contributed by atoms with van der Waals surface area (Å²) in [4.78, 5) is 31.9. The van der Waals surface area contributed by atoms with Crippen molar-refractivity contribution < 1.29 is 14.3 Å². The minimum Gasteiger partial charge on any atom is -0.451 e. The minimum absolute atomic E-state index is 0.141. The molecule has 0 bridgehead atoms. The van der Waals surface area contributed by atoms with Crippen LogP contribution >= 0.6 is 0 Å². The summed E-state index contributed by atoms with van der Waals surface area (Å²) in [6, 6.07) is 16.4. The summed E-state index contributed by atoms with van der Waals surface area (Å²) in [5.41, 5.74) is 2.15. The lowest BCUT2D eigenvalue weighted by Crippen LogP contribution is -2.39. The van der Waals surface area contributed by atoms with Crippen LogP contribution < -0.4 is 20.8 Å². The smallest absolute Gasteiger partial charge is 0.256 e. The number of hydrogen-bond donors (Lipinski definition) is 2. The number of nitrogens with one attached hydrogen (secondary N) is 2. The van der Waals surface area contributed by atoms with Crippen molar-refractivity contribution in [3.8, 4) is 17.2 Å². The van der Waals surface area contributed by atoms with E-state index < -0.39 is 0 Å². The fraction of sp³-hybridized carbons (Fsp3) is 0.394. The van der Waals surface area contributed by atoms with Gasteiger partial charge in [-0.3, -0.25) is 14.5 Å². The molecule has 0 saturated carbocycles. The van der Waals surface area contributed by atoms with E-state index in [1.807, 2.05) is 34.9 Å². The van der Waals surface area contributed by atoms with Gasteiger partial charge in [-0.2, -0.15) is 0 Å². The molecule has 42 heavy (non-hydrogen) atoms. The van der Waals surface area contributed by atoms with E-state index in [1.54, 1.807) is 6.20 Å². The zero-order valence-electron chi connectivity index (χ0n) is 24.0. The molecule has 0 aliphatic carbocycles. The highest BCUT2D eigenvalue weighted by Crippen LogP contribution is 2.45. The molecule has 4 aromatic rings. The van der Waals surface area contributed by atoms with Crippen molar-refractivity contribution in [2.24, 2.45) is 0 Å². The van der Waals surface area contributed by atoms with Crippen LogP contribution in [0.1, 0.15) is 29.6 Å². The molecule has 4 heterocycles. The first kappa shape index (κ1) is 26.9. The summed E-state index contributed by atoms with van der Waals surface area (Å²) < 4.78 is 14.0. The molecule has 2 saturated heterocycles. The second-order valence-electron chi connectivity index (χ2n) is 11.6. The number of ether oxygens (including phenoxy) is 2. The van der Waals surface area contributed by atoms with E-state index in [0.717, 1.165) is 80.9 Å². The molecule has 1 unspecified atom stereocenters. The average molecular weight is 568 g/mol. The third-order valence-corrected chi connectivity index (χ3v) is 8.95. The number of aromatic nitrogens is 1. The molecule has 0 spiro atoms. The number of rotatable bonds is 8. The Labute approximate surface area is 245 Å². The lowest BCUT2D eigenvalue weighted by Gasteiger charge is -2.28. The molecule has 3 aromatic carbocycles. The molecular formula is C33H37N5O4. The van der Waals surface area contributed by atoms with E-state index in [2.05, 4.69) is 45.7 Å². The quantitative estimate of drug-likeness (QED) is 0.291. The first-order chi connectivity index (χ1) is 20.6. The summed E-state index contributed by atoms with van der Waals surface area (Å²) in [6.45, 7) is 6.60. The topological polar surface area (TPSA) is 88.1 Å². The third-order valence-electron chi connectivity index (χ3n) is 8.95. The molecular weight excluding hydrogens is 530 g/mol. The fourth-order valence-corrected chi connectivity index (χ4v) is 6.54. The first-order valence-electron chi connectivity index (χ1n) is 15.0. The molecule has 1 atom stereocenters. The number of hydrogen-bond acceptors (Lipinski definition) is 7. The van der Waals surface area contributed by atoms with Crippen molar-refractivity contribution in [1.29, 1.82) is 0 Å². The standard InChI is InChI=1S/C33H37N5O4/c1-36-13-4-7-24(36)10-11-35-33(40)26-21-38-28-19-22-5-2-3-6-23(22)20-29(28)42-32-27(9-8-25(30(32)38)31(26)39)34-12-14-37-15-17-41-18-16-37/h2-3,5-6,8-9,19-21,24,34H,4,7,10-18H2,1H3,(H,35,40). The largest absolute Gasteiger partial charge is 0.451 e. The van der Waals surface area contributed by atoms with Crippen LogP contribution in [0, 0.1) is 0 Å². The highest BCUT2D eigenvalue weighted by atomic mass is 16.5. The summed E-state index contributed by atoms with van der Waals surface area (Å²) in [7, 11) is 2.13. The number of nitrogens with zero attached hydrogens (tertiary/aromatic N) is 3. The van der Waals surface area contributed by atoms with E-state index >= 15 is 0 Å². The predicted octanol–water partition coefficient (Wildman–Crippen LogP) is 4.21. The minimum atomic E-state index is -0.339. The van der Waals surface area contributed by atoms with Crippen molar-refractivity contribution in [2.45, 2.75) is 25.3 Å². The highest BCUT2D eigenvalue weighted by Gasteiger charge is 2.27. The monoisotopic (exact) mass is 567 g/mol. The van der Waals surface area contributed by atoms with Crippen LogP contribution in [0.2, 0.25) is 0 Å². The maximum absolute atomic E-state index is 13.8. The molecule has 0 radical (unpaired) electrons. The molecule has 9 heteroatoms. The Morgan fingerprint density at radius 1 is 1.02 bits per heavy atom. The number of pyridine rings is 1. The Bertz CT molecular complexity index is 1710. The summed E-state index contributed by atoms with van der Waals surface area (Å²) in [6.07, 6.45) is 4.90. The number of anilines is 1. The third kappa shape index (κ3) is 5.02. The van der Waals surface area contributed by atoms with E-state index in [-0.39, 0.29) is 16.9 Å². The van der Waals surface area contributed by atoms with Crippen LogP contribution in [-0.2, 0) is 4.74 Å². The van der Waals surface area contributed by atoms with Gasteiger partial charge in [-0.05, 0) is 67.9 Å². The van der Waals surface area contributed by atoms with Gasteiger partial charge in [0.05, 0.1) is 30.0 Å². The maximum atomic E-state index is 13.8. The molecule has 7 rings (SSSR count). The van der Waals surface area contributed by atoms with Gasteiger partial charge in [0, 0.05) is 45.0 Å². The average Bonchev–Trinajstić information content (AvgIpc) is 3.42. The van der Waals surface area contributed by atoms with Crippen molar-refractivity contribution in [1.82, 2.24) is 19.7 Å². The first-order valence-corrected chi connectivity index (χ1v) is 15.0. The molecule has 3 aliphatic rings. The predicted molar refractivity (Wildman–Crippen MR) is 165 cm³/mol. The second-order valence-corrected chi connectivity index (χ2v) is 11.6. The van der Waals surface area contributed by atoms with Gasteiger partial charge in [-0.25, -0.2) is 0 Å². The Kier molecular flexibility index (Phi) is 7.31. The maximum Gasteiger partial charge on any atom is 0.256 e. The SMILES string of the molecule is CN1CCCC1CCNC(=O)c1cn2c3c(c(NCCN4CCOCC4)ccc3c1=O)Oc1cc3ccccc3cc1-2. The highest BCUT2D eigenvalue weighted by molar-refractivity contribution is 6.01. The van der Waals surface area contributed by atoms with E-state index in [1.165, 1.54) is 6.42 Å². The van der Waals surface area contributed by atoms with Crippen molar-refractivity contribution in [2.75, 3.05) is 64.8 Å². The lowest BCUT2D eigenvalue weighted by atomic mass is 10.0. The molecule has 9 nitrogen and oxygen atoms in total. The molecule has 2 fully saturated rings. The van der Waals surface area contributed by atoms with Crippen LogP contribution in [-0.4, -0.2) is 85.8 Å². The number of benzene rings is 3. The molecule has 2 N–H and O–H groups in total. The van der Waals surface area contributed by atoms with Gasteiger partial charge in [0.1, 0.15) is 11.1 Å². The second kappa shape index (κ2) is 11.4. The van der Waals surface area contributed by atoms with Crippen molar-refractivity contribution >= 4 is 33.3 Å². The number of carbonyl (C=O) groups excluding carboxylic acids is 1. The molecule has 218 valence electrons. The number of likely N-dealkylation sites (tertiary alicyclic amines) is 1. The van der Waals surface area contributed by atoms with Gasteiger partial charge in [-0.1, -0.05) is 24.3 Å². The molecule has 1 amide bonds. The molecule has 1 aromatic heterocycles. The molecule has 3 aliphatic heterocycles. The van der Waals surface area contributed by atoms with E-state index in [9.17, 15) is 9.59 Å². The normalized spacial score (nSPS) is 18.6. The Hall–Kier alpha value is -3.92. The van der Waals surface area contributed by atoms with Gasteiger partial charge in [0.2, 0.25) is 5.43 Å². The van der Waals surface area contributed by atoms with Crippen LogP contribution in [0.5, 0.6) is 11.5 Å². The van der Waals surface area contributed by atoms with Crippen molar-refractivity contribution in [3.63, 3.8) is 0 Å². The van der Waals surface area contributed by atoms with Gasteiger partial charge in [0.25, 0.3) is 5.91 Å². The van der Waals surface area contributed by atoms with E-state index in [4.69, 9.17) is 9.47 Å². The van der Waals surface area contributed by atoms with Crippen LogP contribution in [0.15, 0.2) is 59.5 Å². The van der Waals surface area contributed by atoms with Gasteiger partial charge in [-0.15, -0.1) is 0 Å². The van der Waals surface area contributed by atoms with Crippen LogP contribution in [0.25, 0.3) is 27.4 Å².